The summed E-state index contributed by atoms with van der Waals surface area (Å²) in [6.45, 7) is 0. The molecule has 0 fully saturated rings. The molecule has 19 aromatic rings. The number of oxazole rings is 2. The van der Waals surface area contributed by atoms with Crippen molar-refractivity contribution in [3.05, 3.63) is 327 Å². The van der Waals surface area contributed by atoms with Crippen LogP contribution in [-0.2, 0) is 47.1 Å². The number of aromatic nitrogens is 7. The first-order chi connectivity index (χ1) is 52.3. The average Bonchev–Trinajstić information content (AvgIpc) is 1.66. The molecule has 2 aliphatic heterocycles. The van der Waals surface area contributed by atoms with Gasteiger partial charge in [-0.05, 0) is 105 Å². The monoisotopic (exact) mass is 1520 g/mol. The molecule has 18 heteroatoms. The minimum atomic E-state index is -1.61. The van der Waals surface area contributed by atoms with Crippen LogP contribution in [0.5, 0.6) is 0 Å². The van der Waals surface area contributed by atoms with E-state index in [0.29, 0.717) is 17.6 Å². The zero-order valence-corrected chi connectivity index (χ0v) is 62.3. The first-order valence-electron chi connectivity index (χ1n) is 35.5. The van der Waals surface area contributed by atoms with Crippen molar-refractivity contribution >= 4 is 156 Å². The van der Waals surface area contributed by atoms with Crippen molar-refractivity contribution in [1.82, 2.24) is 29.1 Å². The molecule has 11 aromatic carbocycles. The fourth-order valence-corrected chi connectivity index (χ4v) is 22.5. The number of fused-ring (bicyclic) bond motifs is 16. The third-order valence-electron chi connectivity index (χ3n) is 21.1. The topological polar surface area (TPSA) is 126 Å². The van der Waals surface area contributed by atoms with E-state index in [1.807, 2.05) is 18.2 Å². The molecule has 1 atom stereocenters. The number of rotatable bonds is 10. The molecule has 1 N–H and O–H groups in total. The maximum atomic E-state index is 6.88. The van der Waals surface area contributed by atoms with Crippen LogP contribution in [0.1, 0.15) is 16.7 Å². The van der Waals surface area contributed by atoms with Gasteiger partial charge in [0, 0.05) is 92.0 Å². The Morgan fingerprint density at radius 1 is 0.491 bits per heavy atom. The Morgan fingerprint density at radius 3 is 1.88 bits per heavy atom. The van der Waals surface area contributed by atoms with E-state index in [2.05, 4.69) is 346 Å². The summed E-state index contributed by atoms with van der Waals surface area (Å²) in [6, 6.07) is 107. The van der Waals surface area contributed by atoms with E-state index in [-0.39, 0.29) is 38.5 Å². The smallest absolute Gasteiger partial charge is 0.309 e. The second-order valence-corrected chi connectivity index (χ2v) is 32.0. The normalized spacial score (nSPS) is 13.3. The Morgan fingerprint density at radius 2 is 1.11 bits per heavy atom. The Hall–Kier alpha value is -12.6. The Bertz CT molecular complexity index is 6620. The summed E-state index contributed by atoms with van der Waals surface area (Å²) >= 11 is 0. The van der Waals surface area contributed by atoms with Crippen LogP contribution in [0.2, 0.25) is 0 Å². The minimum Gasteiger partial charge on any atom is -0.535 e. The molecule has 3 aliphatic rings. The van der Waals surface area contributed by atoms with Crippen LogP contribution in [0.3, 0.4) is 0 Å². The summed E-state index contributed by atoms with van der Waals surface area (Å²) < 4.78 is 28.3. The van der Waals surface area contributed by atoms with Crippen LogP contribution in [0.15, 0.2) is 323 Å². The van der Waals surface area contributed by atoms with Crippen LogP contribution in [0.25, 0.3) is 106 Å². The zero-order valence-electron chi connectivity index (χ0n) is 58.4. The summed E-state index contributed by atoms with van der Waals surface area (Å²) in [5.74, 6) is 0.755. The molecule has 0 spiro atoms. The summed E-state index contributed by atoms with van der Waals surface area (Å²) in [7, 11) is 3.28. The minimum absolute atomic E-state index is 0. The standard InChI is InChI=1S/C45H35N8OSi.C45H27N3O2Si.2Ni/c1-49-27-26-31-32(28-50(2)44(31)49)33-22-24-39-43(47-33)52(38-21-13-12-20-37(38)51(39)3)45-48-41-40(54-45)25-23-35-42(41)53(36-19-11-10-18-34(36)46-35)55(29-14-6-4-7-15-29)30-16-8-5-9-17-30;1-3-12-28(13-4-1)51(29-14-5-2-6-15-29)43-35-18-8-7-16-30(35)34-23-25-40-42(41(34)43)47-45(50-40)48-38-20-10-9-17-32(38)36-22-24-37(46-44(36)48)31-19-11-21-39-33(31)26-27-49-39;;/h4-28,46H,1-3H3;1-25,27,43H;;/q;-1;;. The van der Waals surface area contributed by atoms with Crippen LogP contribution in [0.4, 0.5) is 51.6 Å². The number of hydrogen-bond donors (Lipinski definition) is 1. The molecule has 14 nitrogen and oxygen atoms in total. The van der Waals surface area contributed by atoms with Crippen LogP contribution < -0.4 is 45.0 Å². The Labute approximate surface area is 644 Å². The van der Waals surface area contributed by atoms with E-state index in [9.17, 15) is 0 Å². The molecule has 2 radical (unpaired) electrons. The molecule has 1 aliphatic carbocycles. The van der Waals surface area contributed by atoms with E-state index in [0.717, 1.165) is 129 Å². The van der Waals surface area contributed by atoms with E-state index < -0.39 is 17.8 Å². The molecule has 0 saturated carbocycles. The Kier molecular flexibility index (Phi) is 16.2. The molecule has 10 heterocycles. The van der Waals surface area contributed by atoms with Gasteiger partial charge in [0.2, 0.25) is 8.96 Å². The molecule has 1 unspecified atom stereocenters. The molecule has 108 heavy (non-hydrogen) atoms. The van der Waals surface area contributed by atoms with Crippen molar-refractivity contribution in [3.8, 4) is 39.7 Å². The number of nitrogens with one attached hydrogen (secondary N) is 1. The zero-order chi connectivity index (χ0) is 70.3. The van der Waals surface area contributed by atoms with Gasteiger partial charge in [-0.1, -0.05) is 233 Å². The summed E-state index contributed by atoms with van der Waals surface area (Å²) in [6.07, 6.45) is 5.86. The number of pyridine rings is 2. The van der Waals surface area contributed by atoms with Crippen molar-refractivity contribution in [1.29, 1.82) is 0 Å². The Balaban J connectivity index is 0.000000145. The van der Waals surface area contributed by atoms with Crippen LogP contribution >= 0.6 is 0 Å². The molecule has 0 bridgehead atoms. The largest absolute Gasteiger partial charge is 0.535 e. The van der Waals surface area contributed by atoms with Gasteiger partial charge in [0.25, 0.3) is 0 Å². The molecule has 22 rings (SSSR count). The van der Waals surface area contributed by atoms with E-state index in [1.165, 1.54) is 43.0 Å². The number of hydrogen-bond acceptors (Lipinski definition) is 11. The molecule has 8 aromatic heterocycles. The summed E-state index contributed by atoms with van der Waals surface area (Å²) in [5.41, 5.74) is 22.9. The SMILES string of the molecule is CN1c2ccccc2N(c2nc3c4c(ccc3o2)Nc2ccccc2N4[Si](c2ccccc2)c2ccccc2)c2nc(-c3cn(C)c4c3[cH-]c[n+]4C)ccc21.[Ni].[Ni].[c-]1coc2cccc(-c3ccc4c5ccccc5n(-c5nc6c7c(ccc6o5)-c5ccccc5C7[Si](c5ccccc5)c5ccccc5)c4n3)c12. The first-order valence-corrected chi connectivity index (χ1v) is 38.5. The van der Waals surface area contributed by atoms with Crippen molar-refractivity contribution in [2.45, 2.75) is 5.54 Å². The third kappa shape index (κ3) is 10.4. The quantitative estimate of drug-likeness (QED) is 0.0799. The molecule has 524 valence electrons. The number of nitrogens with zero attached hydrogens (tertiary/aromatic N) is 10. The van der Waals surface area contributed by atoms with Crippen LogP contribution in [-0.4, -0.2) is 53.9 Å². The predicted octanol–water partition coefficient (Wildman–Crippen LogP) is 18.0. The second-order valence-electron chi connectivity index (χ2n) is 27.1. The number of anilines is 9. The van der Waals surface area contributed by atoms with Gasteiger partial charge in [0.15, 0.2) is 22.6 Å². The van der Waals surface area contributed by atoms with Crippen molar-refractivity contribution in [2.75, 3.05) is 26.7 Å². The molecular formula is C90H62N11Ni2O3Si2-. The average molecular weight is 1520 g/mol. The van der Waals surface area contributed by atoms with Gasteiger partial charge in [0.05, 0.1) is 59.4 Å². The van der Waals surface area contributed by atoms with E-state index >= 15 is 0 Å². The predicted molar refractivity (Wildman–Crippen MR) is 428 cm³/mol. The van der Waals surface area contributed by atoms with Gasteiger partial charge in [0.1, 0.15) is 25.5 Å². The fraction of sp³-hybridized carbons (Fsp3) is 0.0444. The van der Waals surface area contributed by atoms with Gasteiger partial charge in [-0.3, -0.25) is 0 Å². The van der Waals surface area contributed by atoms with E-state index in [4.69, 9.17) is 33.2 Å². The molecular weight excluding hydrogens is 1460 g/mol. The van der Waals surface area contributed by atoms with Gasteiger partial charge in [-0.2, -0.15) is 9.97 Å². The number of benzene rings is 11. The molecule has 0 saturated heterocycles. The number of furan rings is 1. The maximum absolute atomic E-state index is 6.88. The van der Waals surface area contributed by atoms with Gasteiger partial charge >= 0.3 is 12.0 Å². The van der Waals surface area contributed by atoms with E-state index in [1.54, 1.807) is 6.26 Å². The number of para-hydroxylation sites is 5. The van der Waals surface area contributed by atoms with Gasteiger partial charge < -0.3 is 37.2 Å². The van der Waals surface area contributed by atoms with Crippen molar-refractivity contribution in [2.24, 2.45) is 14.1 Å². The number of aryl methyl sites for hydroxylation is 2. The van der Waals surface area contributed by atoms with Crippen molar-refractivity contribution < 1.29 is 50.8 Å². The van der Waals surface area contributed by atoms with Crippen molar-refractivity contribution in [3.63, 3.8) is 0 Å². The third-order valence-corrected chi connectivity index (χ3v) is 26.9. The molecule has 0 amide bonds. The first kappa shape index (κ1) is 66.1. The van der Waals surface area contributed by atoms with Gasteiger partial charge in [-0.25, -0.2) is 19.4 Å². The van der Waals surface area contributed by atoms with Gasteiger partial charge in [-0.15, -0.1) is 23.6 Å². The maximum Gasteiger partial charge on any atom is 0.309 e. The second kappa shape index (κ2) is 26.5. The fourth-order valence-electron chi connectivity index (χ4n) is 16.5. The summed E-state index contributed by atoms with van der Waals surface area (Å²) in [4.78, 5) is 25.9. The summed E-state index contributed by atoms with van der Waals surface area (Å²) in [5, 5.41) is 13.2. The van der Waals surface area contributed by atoms with Crippen LogP contribution in [0, 0.1) is 6.07 Å².